The molecule has 1 aromatic rings. The highest BCUT2D eigenvalue weighted by atomic mass is 32.1. The molecule has 1 fully saturated rings. The van der Waals surface area contributed by atoms with Crippen molar-refractivity contribution < 1.29 is 4.74 Å². The average molecular weight is 252 g/mol. The van der Waals surface area contributed by atoms with Crippen molar-refractivity contribution in [3.8, 4) is 0 Å². The smallest absolute Gasteiger partial charge is 0.113 e. The van der Waals surface area contributed by atoms with Crippen LogP contribution >= 0.6 is 11.3 Å². The van der Waals surface area contributed by atoms with Crippen LogP contribution in [-0.4, -0.2) is 25.2 Å². The van der Waals surface area contributed by atoms with E-state index < -0.39 is 0 Å². The molecule has 0 bridgehead atoms. The molecule has 17 heavy (non-hydrogen) atoms. The summed E-state index contributed by atoms with van der Waals surface area (Å²) in [6, 6.07) is 0. The Bertz CT molecular complexity index is 377. The minimum Gasteiger partial charge on any atom is -0.383 e. The van der Waals surface area contributed by atoms with Crippen LogP contribution in [0.4, 0.5) is 0 Å². The van der Waals surface area contributed by atoms with Crippen molar-refractivity contribution in [1.82, 2.24) is 10.3 Å². The van der Waals surface area contributed by atoms with E-state index in [2.05, 4.69) is 5.32 Å². The van der Waals surface area contributed by atoms with Gasteiger partial charge < -0.3 is 10.1 Å². The fraction of sp³-hybridized carbons (Fsp3) is 0.769. The lowest BCUT2D eigenvalue weighted by molar-refractivity contribution is 0.145. The maximum atomic E-state index is 5.12. The minimum absolute atomic E-state index is 0.188. The molecule has 0 atom stereocenters. The highest BCUT2D eigenvalue weighted by Gasteiger charge is 2.41. The lowest BCUT2D eigenvalue weighted by Gasteiger charge is -2.41. The number of methoxy groups -OCH3 is 1. The molecule has 2 aliphatic carbocycles. The van der Waals surface area contributed by atoms with Gasteiger partial charge in [0.1, 0.15) is 5.01 Å². The van der Waals surface area contributed by atoms with Crippen LogP contribution in [-0.2, 0) is 23.1 Å². The van der Waals surface area contributed by atoms with Gasteiger partial charge >= 0.3 is 0 Å². The zero-order valence-electron chi connectivity index (χ0n) is 10.4. The SMILES string of the molecule is COCCNC1(c2nc3c(s2)CCC3)CCC1. The molecule has 0 aliphatic heterocycles. The monoisotopic (exact) mass is 252 g/mol. The van der Waals surface area contributed by atoms with E-state index in [0.717, 1.165) is 13.2 Å². The molecule has 0 saturated heterocycles. The highest BCUT2D eigenvalue weighted by molar-refractivity contribution is 7.12. The number of aromatic nitrogens is 1. The van der Waals surface area contributed by atoms with Crippen LogP contribution < -0.4 is 5.32 Å². The predicted molar refractivity (Wildman–Crippen MR) is 69.5 cm³/mol. The zero-order chi connectivity index (χ0) is 11.7. The quantitative estimate of drug-likeness (QED) is 0.816. The normalized spacial score (nSPS) is 21.2. The summed E-state index contributed by atoms with van der Waals surface area (Å²) < 4.78 is 5.12. The molecule has 0 spiro atoms. The van der Waals surface area contributed by atoms with Crippen LogP contribution in [0.5, 0.6) is 0 Å². The molecule has 0 radical (unpaired) electrons. The Morgan fingerprint density at radius 3 is 2.88 bits per heavy atom. The average Bonchev–Trinajstić information content (AvgIpc) is 2.82. The van der Waals surface area contributed by atoms with Gasteiger partial charge in [-0.2, -0.15) is 0 Å². The molecule has 94 valence electrons. The first-order chi connectivity index (χ1) is 8.34. The Labute approximate surface area is 107 Å². The van der Waals surface area contributed by atoms with Gasteiger partial charge in [-0.3, -0.25) is 0 Å². The van der Waals surface area contributed by atoms with Gasteiger partial charge in [0.05, 0.1) is 17.8 Å². The standard InChI is InChI=1S/C13H20N2OS/c1-16-9-8-14-13(6-3-7-13)12-15-10-4-2-5-11(10)17-12/h14H,2-9H2,1H3. The van der Waals surface area contributed by atoms with Crippen molar-refractivity contribution in [2.45, 2.75) is 44.1 Å². The first kappa shape index (κ1) is 11.6. The van der Waals surface area contributed by atoms with Gasteiger partial charge in [-0.1, -0.05) is 0 Å². The third kappa shape index (κ3) is 2.02. The van der Waals surface area contributed by atoms with Crippen molar-refractivity contribution in [3.63, 3.8) is 0 Å². The van der Waals surface area contributed by atoms with E-state index in [9.17, 15) is 0 Å². The number of nitrogens with zero attached hydrogens (tertiary/aromatic N) is 1. The Kier molecular flexibility index (Phi) is 3.19. The highest BCUT2D eigenvalue weighted by Crippen LogP contribution is 2.44. The van der Waals surface area contributed by atoms with Gasteiger partial charge in [0, 0.05) is 18.5 Å². The first-order valence-corrected chi connectivity index (χ1v) is 7.39. The summed E-state index contributed by atoms with van der Waals surface area (Å²) in [7, 11) is 1.76. The molecule has 1 heterocycles. The second-order valence-corrected chi connectivity index (χ2v) is 6.18. The Balaban J connectivity index is 1.74. The largest absolute Gasteiger partial charge is 0.383 e. The van der Waals surface area contributed by atoms with Crippen LogP contribution in [0.2, 0.25) is 0 Å². The van der Waals surface area contributed by atoms with Gasteiger partial charge in [-0.15, -0.1) is 11.3 Å². The van der Waals surface area contributed by atoms with Gasteiger partial charge in [0.15, 0.2) is 0 Å². The van der Waals surface area contributed by atoms with Crippen molar-refractivity contribution in [2.75, 3.05) is 20.3 Å². The number of fused-ring (bicyclic) bond motifs is 1. The molecule has 1 aromatic heterocycles. The summed E-state index contributed by atoms with van der Waals surface area (Å²) >= 11 is 1.95. The van der Waals surface area contributed by atoms with Crippen molar-refractivity contribution >= 4 is 11.3 Å². The number of ether oxygens (including phenoxy) is 1. The molecule has 1 N–H and O–H groups in total. The van der Waals surface area contributed by atoms with Crippen molar-refractivity contribution in [2.24, 2.45) is 0 Å². The molecule has 3 rings (SSSR count). The molecule has 3 nitrogen and oxygen atoms in total. The van der Waals surface area contributed by atoms with E-state index in [0.29, 0.717) is 0 Å². The van der Waals surface area contributed by atoms with Gasteiger partial charge in [0.25, 0.3) is 0 Å². The molecule has 0 unspecified atom stereocenters. The van der Waals surface area contributed by atoms with Crippen LogP contribution in [0.1, 0.15) is 41.3 Å². The van der Waals surface area contributed by atoms with Gasteiger partial charge in [0.2, 0.25) is 0 Å². The topological polar surface area (TPSA) is 34.1 Å². The summed E-state index contributed by atoms with van der Waals surface area (Å²) in [4.78, 5) is 6.42. The van der Waals surface area contributed by atoms with Gasteiger partial charge in [-0.25, -0.2) is 4.98 Å². The Hall–Kier alpha value is -0.450. The minimum atomic E-state index is 0.188. The summed E-state index contributed by atoms with van der Waals surface area (Å²) in [6.07, 6.45) is 7.55. The van der Waals surface area contributed by atoms with E-state index in [1.807, 2.05) is 11.3 Å². The van der Waals surface area contributed by atoms with E-state index in [1.165, 1.54) is 49.2 Å². The number of rotatable bonds is 5. The Morgan fingerprint density at radius 2 is 2.24 bits per heavy atom. The number of nitrogens with one attached hydrogen (secondary N) is 1. The molecular formula is C13H20N2OS. The third-order valence-corrected chi connectivity index (χ3v) is 5.34. The molecule has 4 heteroatoms. The fourth-order valence-corrected chi connectivity index (χ4v) is 4.16. The molecule has 0 aromatic carbocycles. The second-order valence-electron chi connectivity index (χ2n) is 5.10. The molecule has 2 aliphatic rings. The lowest BCUT2D eigenvalue weighted by Crippen LogP contribution is -2.49. The van der Waals surface area contributed by atoms with E-state index in [-0.39, 0.29) is 5.54 Å². The van der Waals surface area contributed by atoms with Crippen LogP contribution in [0.15, 0.2) is 0 Å². The number of aryl methyl sites for hydroxylation is 2. The first-order valence-electron chi connectivity index (χ1n) is 6.57. The van der Waals surface area contributed by atoms with Crippen LogP contribution in [0.25, 0.3) is 0 Å². The third-order valence-electron chi connectivity index (χ3n) is 3.98. The van der Waals surface area contributed by atoms with E-state index >= 15 is 0 Å². The number of hydrogen-bond donors (Lipinski definition) is 1. The maximum absolute atomic E-state index is 5.12. The van der Waals surface area contributed by atoms with Crippen LogP contribution in [0.3, 0.4) is 0 Å². The maximum Gasteiger partial charge on any atom is 0.113 e. The molecule has 0 amide bonds. The van der Waals surface area contributed by atoms with E-state index in [4.69, 9.17) is 9.72 Å². The molecular weight excluding hydrogens is 232 g/mol. The number of hydrogen-bond acceptors (Lipinski definition) is 4. The molecule has 1 saturated carbocycles. The lowest BCUT2D eigenvalue weighted by atomic mass is 9.77. The summed E-state index contributed by atoms with van der Waals surface area (Å²) in [5.41, 5.74) is 1.57. The van der Waals surface area contributed by atoms with Crippen molar-refractivity contribution in [3.05, 3.63) is 15.6 Å². The fourth-order valence-electron chi connectivity index (χ4n) is 2.78. The van der Waals surface area contributed by atoms with Crippen molar-refractivity contribution in [1.29, 1.82) is 0 Å². The summed E-state index contributed by atoms with van der Waals surface area (Å²) in [6.45, 7) is 1.72. The second kappa shape index (κ2) is 4.67. The van der Waals surface area contributed by atoms with Crippen LogP contribution in [0, 0.1) is 0 Å². The number of thiazole rings is 1. The van der Waals surface area contributed by atoms with Gasteiger partial charge in [-0.05, 0) is 38.5 Å². The summed E-state index contributed by atoms with van der Waals surface area (Å²) in [5.74, 6) is 0. The summed E-state index contributed by atoms with van der Waals surface area (Å²) in [5, 5.41) is 5.00. The zero-order valence-corrected chi connectivity index (χ0v) is 11.2. The van der Waals surface area contributed by atoms with E-state index in [1.54, 1.807) is 12.0 Å². The predicted octanol–water partition coefficient (Wildman–Crippen LogP) is 2.25. The Morgan fingerprint density at radius 1 is 1.35 bits per heavy atom.